The van der Waals surface area contributed by atoms with Crippen molar-refractivity contribution < 1.29 is 9.53 Å². The molecule has 0 aromatic heterocycles. The van der Waals surface area contributed by atoms with Gasteiger partial charge in [-0.15, -0.1) is 0 Å². The fourth-order valence-corrected chi connectivity index (χ4v) is 5.21. The number of hydrogen-bond acceptors (Lipinski definition) is 3. The van der Waals surface area contributed by atoms with E-state index in [1.165, 1.54) is 31.5 Å². The van der Waals surface area contributed by atoms with Gasteiger partial charge in [-0.1, -0.05) is 29.3 Å². The Morgan fingerprint density at radius 1 is 1.32 bits per heavy atom. The predicted octanol–water partition coefficient (Wildman–Crippen LogP) is 3.94. The predicted molar refractivity (Wildman–Crippen MR) is 102 cm³/mol. The molecule has 1 amide bonds. The summed E-state index contributed by atoms with van der Waals surface area (Å²) in [7, 11) is 0. The smallest absolute Gasteiger partial charge is 0.255 e. The number of carbonyl (C=O) groups is 1. The molecule has 0 saturated carbocycles. The largest absolute Gasteiger partial charge is 0.492 e. The van der Waals surface area contributed by atoms with Crippen molar-refractivity contribution in [1.29, 1.82) is 0 Å². The van der Waals surface area contributed by atoms with E-state index >= 15 is 0 Å². The number of piperidine rings is 3. The van der Waals surface area contributed by atoms with E-state index in [1.807, 2.05) is 6.07 Å². The summed E-state index contributed by atoms with van der Waals surface area (Å²) < 4.78 is 6.94. The number of benzene rings is 1. The van der Waals surface area contributed by atoms with Gasteiger partial charge in [0.15, 0.2) is 0 Å². The zero-order valence-corrected chi connectivity index (χ0v) is 16.5. The van der Waals surface area contributed by atoms with Crippen molar-refractivity contribution in [3.05, 3.63) is 27.7 Å². The highest BCUT2D eigenvalue weighted by Crippen LogP contribution is 2.41. The molecule has 0 aliphatic carbocycles. The van der Waals surface area contributed by atoms with Gasteiger partial charge in [-0.05, 0) is 68.3 Å². The summed E-state index contributed by atoms with van der Waals surface area (Å²) in [5, 5.41) is 3.31. The molecule has 0 radical (unpaired) electrons. The lowest BCUT2D eigenvalue weighted by atomic mass is 9.83. The van der Waals surface area contributed by atoms with E-state index in [9.17, 15) is 4.79 Å². The Morgan fingerprint density at radius 3 is 2.80 bits per heavy atom. The lowest BCUT2D eigenvalue weighted by molar-refractivity contribution is 0.0618. The molecule has 0 spiro atoms. The van der Waals surface area contributed by atoms with Gasteiger partial charge < -0.3 is 15.0 Å². The summed E-state index contributed by atoms with van der Waals surface area (Å²) in [5.41, 5.74) is 1.89. The van der Waals surface area contributed by atoms with Crippen molar-refractivity contribution in [2.75, 3.05) is 26.2 Å². The van der Waals surface area contributed by atoms with Crippen molar-refractivity contribution in [3.63, 3.8) is 0 Å². The Bertz CT molecular complexity index is 655. The molecule has 2 atom stereocenters. The summed E-state index contributed by atoms with van der Waals surface area (Å²) in [4.78, 5) is 15.5. The van der Waals surface area contributed by atoms with Gasteiger partial charge in [-0.25, -0.2) is 0 Å². The van der Waals surface area contributed by atoms with Crippen LogP contribution in [0.1, 0.15) is 60.9 Å². The maximum absolute atomic E-state index is 13.0. The number of ether oxygens (including phenoxy) is 1. The van der Waals surface area contributed by atoms with E-state index in [0.29, 0.717) is 24.0 Å². The molecule has 25 heavy (non-hydrogen) atoms. The zero-order valence-electron chi connectivity index (χ0n) is 14.9. The molecule has 3 fully saturated rings. The van der Waals surface area contributed by atoms with Gasteiger partial charge in [0.25, 0.3) is 5.91 Å². The Morgan fingerprint density at radius 2 is 2.12 bits per heavy atom. The molecule has 5 heteroatoms. The second-order valence-electron chi connectivity index (χ2n) is 7.71. The molecule has 4 nitrogen and oxygen atoms in total. The van der Waals surface area contributed by atoms with Crippen molar-refractivity contribution in [3.8, 4) is 5.75 Å². The van der Waals surface area contributed by atoms with Gasteiger partial charge in [0.2, 0.25) is 0 Å². The van der Waals surface area contributed by atoms with Gasteiger partial charge in [0, 0.05) is 17.1 Å². The van der Waals surface area contributed by atoms with E-state index < -0.39 is 0 Å². The van der Waals surface area contributed by atoms with Crippen molar-refractivity contribution in [1.82, 2.24) is 10.2 Å². The van der Waals surface area contributed by atoms with Crippen molar-refractivity contribution in [2.24, 2.45) is 5.92 Å². The van der Waals surface area contributed by atoms with Crippen LogP contribution in [0.15, 0.2) is 16.6 Å². The number of amides is 1. The number of nitrogens with zero attached hydrogens (tertiary/aromatic N) is 1. The molecule has 2 unspecified atom stereocenters. The quantitative estimate of drug-likeness (QED) is 0.822. The Labute approximate surface area is 158 Å². The molecule has 4 aliphatic rings. The SMILES string of the molecule is CCCC1CCOc2c(C(=O)NC3CN4CCC3CC4)cc(Br)cc21. The average molecular weight is 407 g/mol. The summed E-state index contributed by atoms with van der Waals surface area (Å²) >= 11 is 3.60. The number of carbonyl (C=O) groups excluding carboxylic acids is 1. The minimum Gasteiger partial charge on any atom is -0.492 e. The first-order valence-corrected chi connectivity index (χ1v) is 10.4. The number of halogens is 1. The molecule has 1 aromatic rings. The summed E-state index contributed by atoms with van der Waals surface area (Å²) in [6.45, 7) is 6.29. The number of fused-ring (bicyclic) bond motifs is 4. The molecule has 2 bridgehead atoms. The zero-order chi connectivity index (χ0) is 17.4. The molecular formula is C20H27BrN2O2. The Kier molecular flexibility index (Phi) is 5.05. The maximum atomic E-state index is 13.0. The van der Waals surface area contributed by atoms with Gasteiger partial charge in [0.1, 0.15) is 5.75 Å². The first-order chi connectivity index (χ1) is 12.2. The van der Waals surface area contributed by atoms with Crippen LogP contribution in [0.2, 0.25) is 0 Å². The van der Waals surface area contributed by atoms with E-state index in [2.05, 4.69) is 39.1 Å². The van der Waals surface area contributed by atoms with Gasteiger partial charge >= 0.3 is 0 Å². The van der Waals surface area contributed by atoms with E-state index in [-0.39, 0.29) is 11.9 Å². The fraction of sp³-hybridized carbons (Fsp3) is 0.650. The van der Waals surface area contributed by atoms with Crippen molar-refractivity contribution in [2.45, 2.75) is 51.0 Å². The van der Waals surface area contributed by atoms with Gasteiger partial charge in [-0.3, -0.25) is 4.79 Å². The van der Waals surface area contributed by atoms with Crippen LogP contribution in [0.3, 0.4) is 0 Å². The Balaban J connectivity index is 1.58. The monoisotopic (exact) mass is 406 g/mol. The summed E-state index contributed by atoms with van der Waals surface area (Å²) in [6, 6.07) is 4.34. The summed E-state index contributed by atoms with van der Waals surface area (Å²) in [5.74, 6) is 1.96. The normalized spacial score (nSPS) is 30.5. The third-order valence-corrected chi connectivity index (χ3v) is 6.55. The van der Waals surface area contributed by atoms with Crippen LogP contribution in [0, 0.1) is 5.92 Å². The number of nitrogens with one attached hydrogen (secondary N) is 1. The molecule has 4 heterocycles. The lowest BCUT2D eigenvalue weighted by Crippen LogP contribution is -2.57. The number of rotatable bonds is 4. The van der Waals surface area contributed by atoms with Gasteiger partial charge in [-0.2, -0.15) is 0 Å². The lowest BCUT2D eigenvalue weighted by Gasteiger charge is -2.45. The van der Waals surface area contributed by atoms with E-state index in [0.717, 1.165) is 36.0 Å². The highest BCUT2D eigenvalue weighted by molar-refractivity contribution is 9.10. The molecule has 3 saturated heterocycles. The second-order valence-corrected chi connectivity index (χ2v) is 8.63. The third-order valence-electron chi connectivity index (χ3n) is 6.09. The summed E-state index contributed by atoms with van der Waals surface area (Å²) in [6.07, 6.45) is 5.75. The molecule has 4 aliphatic heterocycles. The van der Waals surface area contributed by atoms with Crippen LogP contribution < -0.4 is 10.1 Å². The van der Waals surface area contributed by atoms with E-state index in [1.54, 1.807) is 0 Å². The minimum atomic E-state index is 0.0217. The number of hydrogen-bond donors (Lipinski definition) is 1. The van der Waals surface area contributed by atoms with Gasteiger partial charge in [0.05, 0.1) is 12.2 Å². The first-order valence-electron chi connectivity index (χ1n) is 9.65. The molecule has 1 N–H and O–H groups in total. The maximum Gasteiger partial charge on any atom is 0.255 e. The van der Waals surface area contributed by atoms with E-state index in [4.69, 9.17) is 4.74 Å². The molecule has 5 rings (SSSR count). The van der Waals surface area contributed by atoms with Crippen molar-refractivity contribution >= 4 is 21.8 Å². The van der Waals surface area contributed by atoms with Crippen LogP contribution in [-0.4, -0.2) is 43.1 Å². The third kappa shape index (κ3) is 3.45. The van der Waals surface area contributed by atoms with Crippen LogP contribution >= 0.6 is 15.9 Å². The van der Waals surface area contributed by atoms with Crippen LogP contribution in [-0.2, 0) is 0 Å². The minimum absolute atomic E-state index is 0.0217. The highest BCUT2D eigenvalue weighted by atomic mass is 79.9. The highest BCUT2D eigenvalue weighted by Gasteiger charge is 2.36. The topological polar surface area (TPSA) is 41.6 Å². The first kappa shape index (κ1) is 17.3. The average Bonchev–Trinajstić information content (AvgIpc) is 2.63. The molecule has 136 valence electrons. The van der Waals surface area contributed by atoms with Crippen LogP contribution in [0.25, 0.3) is 0 Å². The van der Waals surface area contributed by atoms with Crippen LogP contribution in [0.5, 0.6) is 5.75 Å². The fourth-order valence-electron chi connectivity index (χ4n) is 4.73. The second kappa shape index (κ2) is 7.28. The van der Waals surface area contributed by atoms with Crippen LogP contribution in [0.4, 0.5) is 0 Å². The Hall–Kier alpha value is -1.07. The standard InChI is InChI=1S/C20H27BrN2O2/c1-2-3-13-6-9-25-19-16(13)10-15(21)11-17(19)20(24)22-18-12-23-7-4-14(18)5-8-23/h10-11,13-14,18H,2-9,12H2,1H3,(H,22,24). The molecule has 1 aromatic carbocycles. The molecular weight excluding hydrogens is 380 g/mol.